The largest absolute Gasteiger partial charge is 0.466 e. The molecule has 0 saturated carbocycles. The fraction of sp³-hybridized carbons (Fsp3) is 0.600. The van der Waals surface area contributed by atoms with Gasteiger partial charge in [-0.15, -0.1) is 0 Å². The molecule has 1 atom stereocenters. The number of hydrogen-bond donors (Lipinski definition) is 1. The van der Waals surface area contributed by atoms with Crippen molar-refractivity contribution in [2.24, 2.45) is 10.9 Å². The second kappa shape index (κ2) is 10.9. The van der Waals surface area contributed by atoms with E-state index in [9.17, 15) is 9.18 Å². The molecule has 0 amide bonds. The molecule has 1 N–H and O–H groups in total. The number of methoxy groups -OCH3 is 1. The summed E-state index contributed by atoms with van der Waals surface area (Å²) in [5.74, 6) is 0.233. The number of hydrogen-bond acceptors (Lipinski definition) is 4. The molecule has 0 aromatic heterocycles. The number of guanidine groups is 1. The van der Waals surface area contributed by atoms with Crippen LogP contribution in [-0.4, -0.2) is 50.2 Å². The summed E-state index contributed by atoms with van der Waals surface area (Å²) in [4.78, 5) is 18.9. The first-order valence-electron chi connectivity index (χ1n) is 9.55. The molecule has 27 heavy (non-hydrogen) atoms. The highest BCUT2D eigenvalue weighted by molar-refractivity contribution is 5.81. The predicted molar refractivity (Wildman–Crippen MR) is 103 cm³/mol. The van der Waals surface area contributed by atoms with Gasteiger partial charge in [0.25, 0.3) is 0 Å². The number of ether oxygens (including phenoxy) is 2. The topological polar surface area (TPSA) is 63.2 Å². The van der Waals surface area contributed by atoms with Crippen LogP contribution in [0.4, 0.5) is 4.39 Å². The Bertz CT molecular complexity index is 651. The smallest absolute Gasteiger partial charge is 0.310 e. The minimum Gasteiger partial charge on any atom is -0.466 e. The van der Waals surface area contributed by atoms with Crippen LogP contribution in [-0.2, 0) is 27.4 Å². The van der Waals surface area contributed by atoms with E-state index in [2.05, 4.69) is 10.2 Å². The van der Waals surface area contributed by atoms with E-state index in [1.165, 1.54) is 6.07 Å². The SMILES string of the molecule is CCNC(=NCc1ccc(F)c(COC)c1)N1CCCC(C(=O)OCC)C1. The minimum absolute atomic E-state index is 0.123. The molecule has 1 saturated heterocycles. The third kappa shape index (κ3) is 6.20. The molecule has 1 aromatic carbocycles. The van der Waals surface area contributed by atoms with Crippen LogP contribution in [0.2, 0.25) is 0 Å². The Labute approximate surface area is 160 Å². The van der Waals surface area contributed by atoms with E-state index in [0.717, 1.165) is 37.5 Å². The van der Waals surface area contributed by atoms with Crippen molar-refractivity contribution in [1.82, 2.24) is 10.2 Å². The third-order valence-corrected chi connectivity index (χ3v) is 4.50. The quantitative estimate of drug-likeness (QED) is 0.448. The van der Waals surface area contributed by atoms with Gasteiger partial charge in [-0.2, -0.15) is 0 Å². The van der Waals surface area contributed by atoms with Crippen LogP contribution in [0.3, 0.4) is 0 Å². The lowest BCUT2D eigenvalue weighted by Gasteiger charge is -2.34. The van der Waals surface area contributed by atoms with Crippen LogP contribution in [0.1, 0.15) is 37.8 Å². The lowest BCUT2D eigenvalue weighted by atomic mass is 9.98. The molecule has 1 unspecified atom stereocenters. The number of esters is 1. The Hall–Kier alpha value is -2.15. The fourth-order valence-electron chi connectivity index (χ4n) is 3.21. The molecule has 0 bridgehead atoms. The van der Waals surface area contributed by atoms with Crippen molar-refractivity contribution in [3.05, 3.63) is 35.1 Å². The molecule has 0 aliphatic carbocycles. The molecule has 0 radical (unpaired) electrons. The van der Waals surface area contributed by atoms with Crippen LogP contribution in [0.25, 0.3) is 0 Å². The molecule has 1 aromatic rings. The van der Waals surface area contributed by atoms with Gasteiger partial charge in [-0.3, -0.25) is 4.79 Å². The van der Waals surface area contributed by atoms with E-state index in [4.69, 9.17) is 14.5 Å². The maximum atomic E-state index is 13.8. The van der Waals surface area contributed by atoms with Gasteiger partial charge in [0.15, 0.2) is 5.96 Å². The molecule has 1 heterocycles. The standard InChI is InChI=1S/C20H30FN3O3/c1-4-22-20(24-10-6-7-16(13-24)19(25)27-5-2)23-12-15-8-9-18(21)17(11-15)14-26-3/h8-9,11,16H,4-7,10,12-14H2,1-3H3,(H,22,23). The lowest BCUT2D eigenvalue weighted by molar-refractivity contribution is -0.149. The lowest BCUT2D eigenvalue weighted by Crippen LogP contribution is -2.48. The molecule has 1 fully saturated rings. The molecule has 6 nitrogen and oxygen atoms in total. The Balaban J connectivity index is 2.09. The summed E-state index contributed by atoms with van der Waals surface area (Å²) in [6, 6.07) is 4.96. The number of carbonyl (C=O) groups excluding carboxylic acids is 1. The van der Waals surface area contributed by atoms with E-state index in [0.29, 0.717) is 25.3 Å². The number of carbonyl (C=O) groups is 1. The van der Waals surface area contributed by atoms with Crippen molar-refractivity contribution in [1.29, 1.82) is 0 Å². The number of likely N-dealkylation sites (tertiary alicyclic amines) is 1. The van der Waals surface area contributed by atoms with E-state index >= 15 is 0 Å². The number of nitrogens with zero attached hydrogens (tertiary/aromatic N) is 2. The Kier molecular flexibility index (Phi) is 8.51. The zero-order valence-electron chi connectivity index (χ0n) is 16.5. The van der Waals surface area contributed by atoms with Crippen LogP contribution in [0.5, 0.6) is 0 Å². The Morgan fingerprint density at radius 3 is 2.93 bits per heavy atom. The van der Waals surface area contributed by atoms with Crippen LogP contribution in [0.15, 0.2) is 23.2 Å². The zero-order valence-corrected chi connectivity index (χ0v) is 16.5. The molecule has 1 aliphatic heterocycles. The van der Waals surface area contributed by atoms with Crippen molar-refractivity contribution in [2.45, 2.75) is 39.8 Å². The molecule has 7 heteroatoms. The van der Waals surface area contributed by atoms with Crippen LogP contribution >= 0.6 is 0 Å². The van der Waals surface area contributed by atoms with Gasteiger partial charge in [0, 0.05) is 32.3 Å². The average molecular weight is 379 g/mol. The second-order valence-electron chi connectivity index (χ2n) is 6.57. The van der Waals surface area contributed by atoms with Gasteiger partial charge in [-0.1, -0.05) is 6.07 Å². The highest BCUT2D eigenvalue weighted by Crippen LogP contribution is 2.19. The molecule has 2 rings (SSSR count). The maximum absolute atomic E-state index is 13.8. The van der Waals surface area contributed by atoms with Crippen molar-refractivity contribution in [3.63, 3.8) is 0 Å². The van der Waals surface area contributed by atoms with E-state index in [1.54, 1.807) is 19.2 Å². The second-order valence-corrected chi connectivity index (χ2v) is 6.57. The first-order valence-corrected chi connectivity index (χ1v) is 9.55. The van der Waals surface area contributed by atoms with Crippen LogP contribution in [0, 0.1) is 11.7 Å². The van der Waals surface area contributed by atoms with Crippen molar-refractivity contribution < 1.29 is 18.7 Å². The van der Waals surface area contributed by atoms with Crippen molar-refractivity contribution in [3.8, 4) is 0 Å². The molecule has 1 aliphatic rings. The van der Waals surface area contributed by atoms with Gasteiger partial charge in [0.2, 0.25) is 0 Å². The number of rotatable bonds is 7. The summed E-state index contributed by atoms with van der Waals surface area (Å²) in [7, 11) is 1.55. The summed E-state index contributed by atoms with van der Waals surface area (Å²) in [6.07, 6.45) is 1.76. The molecule has 0 spiro atoms. The van der Waals surface area contributed by atoms with Gasteiger partial charge < -0.3 is 19.7 Å². The Morgan fingerprint density at radius 1 is 1.41 bits per heavy atom. The number of piperidine rings is 1. The number of nitrogens with one attached hydrogen (secondary N) is 1. The minimum atomic E-state index is -0.273. The molecular weight excluding hydrogens is 349 g/mol. The maximum Gasteiger partial charge on any atom is 0.310 e. The number of halogens is 1. The van der Waals surface area contributed by atoms with Gasteiger partial charge in [0.05, 0.1) is 25.7 Å². The first kappa shape index (κ1) is 21.2. The summed E-state index contributed by atoms with van der Waals surface area (Å²) in [6.45, 7) is 7.08. The van der Waals surface area contributed by atoms with Crippen molar-refractivity contribution >= 4 is 11.9 Å². The fourth-order valence-corrected chi connectivity index (χ4v) is 3.21. The first-order chi connectivity index (χ1) is 13.1. The third-order valence-electron chi connectivity index (χ3n) is 4.50. The number of benzene rings is 1. The monoisotopic (exact) mass is 379 g/mol. The summed E-state index contributed by atoms with van der Waals surface area (Å²) in [5, 5.41) is 3.29. The van der Waals surface area contributed by atoms with Crippen LogP contribution < -0.4 is 5.32 Å². The molecule has 150 valence electrons. The van der Waals surface area contributed by atoms with E-state index in [1.807, 2.05) is 13.8 Å². The number of aliphatic imine (C=N–C) groups is 1. The zero-order chi connectivity index (χ0) is 19.6. The summed E-state index contributed by atoms with van der Waals surface area (Å²) in [5.41, 5.74) is 1.44. The van der Waals surface area contributed by atoms with Gasteiger partial charge in [0.1, 0.15) is 5.82 Å². The average Bonchev–Trinajstić information content (AvgIpc) is 2.68. The highest BCUT2D eigenvalue weighted by atomic mass is 19.1. The summed E-state index contributed by atoms with van der Waals surface area (Å²) < 4.78 is 24.0. The van der Waals surface area contributed by atoms with Gasteiger partial charge in [-0.25, -0.2) is 9.38 Å². The van der Waals surface area contributed by atoms with E-state index < -0.39 is 0 Å². The van der Waals surface area contributed by atoms with E-state index in [-0.39, 0.29) is 24.3 Å². The van der Waals surface area contributed by atoms with Gasteiger partial charge in [-0.05, 0) is 44.4 Å². The van der Waals surface area contributed by atoms with Crippen molar-refractivity contribution in [2.75, 3.05) is 33.4 Å². The predicted octanol–water partition coefficient (Wildman–Crippen LogP) is 2.71. The Morgan fingerprint density at radius 2 is 2.22 bits per heavy atom. The highest BCUT2D eigenvalue weighted by Gasteiger charge is 2.28. The van der Waals surface area contributed by atoms with Gasteiger partial charge >= 0.3 is 5.97 Å². The molecular formula is C20H30FN3O3. The normalized spacial score (nSPS) is 17.7. The summed E-state index contributed by atoms with van der Waals surface area (Å²) >= 11 is 0.